The number of hydrogen-bond acceptors (Lipinski definition) is 25. The molecule has 8 rings (SSSR count). The summed E-state index contributed by atoms with van der Waals surface area (Å²) in [5.41, 5.74) is 16.8. The molecule has 25 nitrogen and oxygen atoms in total. The number of rotatable bonds is 36. The quantitative estimate of drug-likeness (QED) is 0.00540. The third kappa shape index (κ3) is 32.7. The number of nitrogens with zero attached hydrogens (tertiary/aromatic N) is 9. The second-order valence-corrected chi connectivity index (χ2v) is 25.3. The Morgan fingerprint density at radius 1 is 0.535 bits per heavy atom. The number of carbonyl (C=O) groups excluding carboxylic acids is 4. The van der Waals surface area contributed by atoms with E-state index in [0.717, 1.165) is 129 Å². The molecule has 8 N–H and O–H groups in total. The van der Waals surface area contributed by atoms with Crippen LogP contribution in [0.25, 0.3) is 33.1 Å². The summed E-state index contributed by atoms with van der Waals surface area (Å²) in [6.07, 6.45) is 22.1. The standard InChI is InChI=1S/C27H37N5O3.C18H25ClN4O.C18H27N5O.C9H13NO2.CH2O3.2K.H/c1-6-7-8-14-27(3,15-13-19(2)33)32-25-24-22(10-9-16-28-24)30-26(31-25)29-18-20-11-12-21(34-4)17-23(20)35-5;2*1-4-5-6-10-18(3,11-9-13(2)24)23-16-15-14(8-7-12-20-15)21-17(19)22-16;1-11-8-4-3-7(6-10)9(5-8)12-2;2-1-4-3;;;/h9-12,16-17H,6-8,13-15,18H2,1-5H3,(H2,29,30,31,32);7-8,12H,4-6,9-11H2,1-3H3,(H,21,22,23);7-8,12H,4-6,9-11H2,1-3H3,(H3,19,21,22,23);3-5H,6,10H2,1-2H3;1,3H;;;/q;;;;;2*+1;-1/p-1/t27-;2*18-;;;;;/m111...../s1. The van der Waals surface area contributed by atoms with Crippen molar-refractivity contribution >= 4 is 97.9 Å². The molecule has 0 radical (unpaired) electrons. The van der Waals surface area contributed by atoms with E-state index < -0.39 is 0 Å². The molecule has 540 valence electrons. The Morgan fingerprint density at radius 3 is 1.29 bits per heavy atom. The summed E-state index contributed by atoms with van der Waals surface area (Å²) in [5, 5.41) is 22.6. The number of nitrogens with one attached hydrogen (secondary N) is 4. The normalized spacial score (nSPS) is 12.2. The van der Waals surface area contributed by atoms with Gasteiger partial charge in [-0.3, -0.25) is 19.7 Å². The van der Waals surface area contributed by atoms with Crippen LogP contribution in [0.3, 0.4) is 0 Å². The van der Waals surface area contributed by atoms with Crippen LogP contribution in [0, 0.1) is 0 Å². The predicted molar refractivity (Wildman–Crippen MR) is 392 cm³/mol. The number of aromatic nitrogens is 9. The molecule has 3 atom stereocenters. The number of carbonyl (C=O) groups is 4. The van der Waals surface area contributed by atoms with Crippen LogP contribution in [0.5, 0.6) is 23.0 Å². The van der Waals surface area contributed by atoms with Gasteiger partial charge in [0.15, 0.2) is 17.5 Å². The Balaban J connectivity index is 0.000000692. The van der Waals surface area contributed by atoms with Crippen LogP contribution in [-0.4, -0.2) is 114 Å². The minimum absolute atomic E-state index is 0. The van der Waals surface area contributed by atoms with Gasteiger partial charge in [-0.2, -0.15) is 15.0 Å². The van der Waals surface area contributed by atoms with Gasteiger partial charge in [-0.05, 0) is 146 Å². The van der Waals surface area contributed by atoms with Gasteiger partial charge >= 0.3 is 103 Å². The van der Waals surface area contributed by atoms with Crippen molar-refractivity contribution in [3.8, 4) is 23.0 Å². The average molecular weight is 1470 g/mol. The molecule has 0 saturated heterocycles. The van der Waals surface area contributed by atoms with Gasteiger partial charge in [-0.15, -0.1) is 0 Å². The minimum Gasteiger partial charge on any atom is -1.00 e. The Morgan fingerprint density at radius 2 is 0.911 bits per heavy atom. The van der Waals surface area contributed by atoms with Gasteiger partial charge < -0.3 is 77.6 Å². The topological polar surface area (TPSA) is 354 Å². The van der Waals surface area contributed by atoms with E-state index in [2.05, 4.69) is 108 Å². The van der Waals surface area contributed by atoms with Crippen molar-refractivity contribution in [1.82, 2.24) is 44.9 Å². The van der Waals surface area contributed by atoms with Gasteiger partial charge in [0.2, 0.25) is 17.2 Å². The second-order valence-electron chi connectivity index (χ2n) is 24.9. The van der Waals surface area contributed by atoms with Crippen LogP contribution in [0.1, 0.15) is 190 Å². The summed E-state index contributed by atoms with van der Waals surface area (Å²) < 4.78 is 21.0. The number of halogens is 1. The number of benzene rings is 2. The summed E-state index contributed by atoms with van der Waals surface area (Å²) in [6.45, 7) is 18.7. The van der Waals surface area contributed by atoms with Crippen LogP contribution in [-0.2, 0) is 37.2 Å². The fourth-order valence-corrected chi connectivity index (χ4v) is 10.9. The first kappa shape index (κ1) is 91.2. The van der Waals surface area contributed by atoms with Gasteiger partial charge in [0.1, 0.15) is 56.9 Å². The average Bonchev–Trinajstić information content (AvgIpc) is 0.808. The number of pyridine rings is 3. The summed E-state index contributed by atoms with van der Waals surface area (Å²) in [4.78, 5) is 85.8. The molecular weight excluding hydrogens is 1360 g/mol. The zero-order valence-corrected chi connectivity index (χ0v) is 69.0. The maximum Gasteiger partial charge on any atom is 1.00 e. The Labute approximate surface area is 687 Å². The van der Waals surface area contributed by atoms with Crippen LogP contribution in [0.4, 0.5) is 29.4 Å². The van der Waals surface area contributed by atoms with Crippen molar-refractivity contribution < 1.29 is 152 Å². The van der Waals surface area contributed by atoms with E-state index in [4.69, 9.17) is 57.1 Å². The molecule has 0 amide bonds. The molecule has 0 aliphatic heterocycles. The van der Waals surface area contributed by atoms with E-state index in [-0.39, 0.29) is 156 Å². The van der Waals surface area contributed by atoms with Gasteiger partial charge in [0.25, 0.3) is 6.47 Å². The smallest absolute Gasteiger partial charge is 1.00 e. The van der Waals surface area contributed by atoms with Crippen molar-refractivity contribution in [2.45, 2.75) is 208 Å². The molecule has 8 aromatic rings. The van der Waals surface area contributed by atoms with Crippen molar-refractivity contribution in [3.63, 3.8) is 0 Å². The molecular formula is C73H104ClK2N15O10. The Bertz CT molecular complexity index is 3700. The fourth-order valence-electron chi connectivity index (χ4n) is 10.7. The first-order valence-corrected chi connectivity index (χ1v) is 34.0. The molecule has 6 heterocycles. The summed E-state index contributed by atoms with van der Waals surface area (Å²) in [5.74, 6) is 6.26. The monoisotopic (exact) mass is 1460 g/mol. The minimum atomic E-state index is -0.282. The first-order valence-electron chi connectivity index (χ1n) is 33.7. The fraction of sp³-hybridized carbons (Fsp3) is 0.493. The molecule has 28 heteroatoms. The number of methoxy groups -OCH3 is 4. The number of nitrogen functional groups attached to an aromatic ring is 1. The van der Waals surface area contributed by atoms with Gasteiger partial charge in [0.05, 0.1) is 45.0 Å². The zero-order valence-electron chi connectivity index (χ0n) is 63.0. The third-order valence-corrected chi connectivity index (χ3v) is 16.6. The van der Waals surface area contributed by atoms with E-state index in [9.17, 15) is 14.4 Å². The largest absolute Gasteiger partial charge is 1.00 e. The molecule has 6 aromatic heterocycles. The molecule has 101 heavy (non-hydrogen) atoms. The predicted octanol–water partition coefficient (Wildman–Crippen LogP) is 8.02. The Kier molecular flexibility index (Phi) is 44.1. The number of unbranched alkanes of at least 4 members (excludes halogenated alkanes) is 6. The third-order valence-electron chi connectivity index (χ3n) is 16.4. The molecule has 0 bridgehead atoms. The van der Waals surface area contributed by atoms with Crippen LogP contribution < -0.4 is 160 Å². The Hall–Kier alpha value is -5.93. The number of ether oxygens (including phenoxy) is 4. The zero-order chi connectivity index (χ0) is 72.8. The molecule has 0 aliphatic rings. The number of fused-ring (bicyclic) bond motifs is 3. The summed E-state index contributed by atoms with van der Waals surface area (Å²) >= 11 is 6.06. The van der Waals surface area contributed by atoms with Gasteiger partial charge in [-0.1, -0.05) is 84.6 Å². The molecule has 0 aliphatic carbocycles. The van der Waals surface area contributed by atoms with Crippen LogP contribution in [0.15, 0.2) is 91.4 Å². The van der Waals surface area contributed by atoms with Crippen molar-refractivity contribution in [1.29, 1.82) is 0 Å². The maximum absolute atomic E-state index is 11.8. The van der Waals surface area contributed by atoms with Crippen LogP contribution in [0.2, 0.25) is 5.28 Å². The van der Waals surface area contributed by atoms with E-state index in [1.807, 2.05) is 72.8 Å². The van der Waals surface area contributed by atoms with Crippen molar-refractivity contribution in [3.05, 3.63) is 108 Å². The SMILES string of the molecule is CCCCC[C@](C)(CCC(C)=O)Nc1nc(Cl)nc2cccnc12.CCCCC[C@](C)(CCC(C)=O)Nc1nc(N)nc2cccnc12.CCCCC[C@](C)(CCC(C)=O)Nc1nc(NCc2ccc(OC)cc2OC)nc2cccnc12.COc1ccc(CN)c(OC)c1.O=CO[O-].[H-].[K+].[K+]. The summed E-state index contributed by atoms with van der Waals surface area (Å²) in [6, 6.07) is 22.5. The van der Waals surface area contributed by atoms with Crippen molar-refractivity contribution in [2.24, 2.45) is 5.73 Å². The summed E-state index contributed by atoms with van der Waals surface area (Å²) in [7, 11) is 6.51. The van der Waals surface area contributed by atoms with Gasteiger partial charge in [0, 0.05) is 90.8 Å². The van der Waals surface area contributed by atoms with E-state index in [1.165, 1.54) is 12.8 Å². The molecule has 0 unspecified atom stereocenters. The van der Waals surface area contributed by atoms with E-state index >= 15 is 0 Å². The van der Waals surface area contributed by atoms with Crippen molar-refractivity contribution in [2.75, 3.05) is 55.4 Å². The maximum atomic E-state index is 11.8. The number of Topliss-reactive ketones (excluding diaryl/α,β-unsaturated/α-hetero) is 3. The molecule has 0 fully saturated rings. The number of hydrogen-bond donors (Lipinski definition) is 6. The van der Waals surface area contributed by atoms with E-state index in [1.54, 1.807) is 67.8 Å². The van der Waals surface area contributed by atoms with Gasteiger partial charge in [-0.25, -0.2) is 15.0 Å². The number of anilines is 5. The number of nitrogens with two attached hydrogens (primary N) is 2. The first-order chi connectivity index (χ1) is 47.5. The molecule has 0 spiro atoms. The van der Waals surface area contributed by atoms with E-state index in [0.29, 0.717) is 77.8 Å². The second kappa shape index (κ2) is 48.9. The van der Waals surface area contributed by atoms with Crippen LogP contribution >= 0.6 is 11.6 Å². The molecule has 0 saturated carbocycles. The number of ketones is 3. The molecule has 2 aromatic carbocycles.